The van der Waals surface area contributed by atoms with E-state index in [-0.39, 0.29) is 0 Å². The summed E-state index contributed by atoms with van der Waals surface area (Å²) in [6.07, 6.45) is 7.26. The monoisotopic (exact) mass is 163 g/mol. The van der Waals surface area contributed by atoms with Crippen molar-refractivity contribution < 1.29 is 0 Å². The molecule has 0 bridgehead atoms. The van der Waals surface area contributed by atoms with Gasteiger partial charge in [0.2, 0.25) is 0 Å². The molecule has 0 aromatic carbocycles. The van der Waals surface area contributed by atoms with Crippen molar-refractivity contribution in [3.05, 3.63) is 29.6 Å². The molecule has 1 aromatic rings. The van der Waals surface area contributed by atoms with Crippen LogP contribution in [-0.2, 0) is 6.42 Å². The van der Waals surface area contributed by atoms with Crippen LogP contribution in [0.5, 0.6) is 0 Å². The first-order chi connectivity index (χ1) is 5.92. The first kappa shape index (κ1) is 7.71. The van der Waals surface area contributed by atoms with Crippen molar-refractivity contribution >= 4 is 0 Å². The molecule has 3 N–H and O–H groups in total. The summed E-state index contributed by atoms with van der Waals surface area (Å²) in [6.45, 7) is 0. The van der Waals surface area contributed by atoms with E-state index in [2.05, 4.69) is 16.5 Å². The molecule has 0 saturated carbocycles. The van der Waals surface area contributed by atoms with E-state index in [1.165, 1.54) is 17.5 Å². The summed E-state index contributed by atoms with van der Waals surface area (Å²) in [5.41, 5.74) is 5.48. The molecule has 1 atom stereocenters. The van der Waals surface area contributed by atoms with Gasteiger partial charge in [-0.15, -0.1) is 0 Å². The van der Waals surface area contributed by atoms with E-state index in [9.17, 15) is 0 Å². The second kappa shape index (κ2) is 3.21. The van der Waals surface area contributed by atoms with Crippen LogP contribution in [0.2, 0.25) is 0 Å². The number of fused-ring (bicyclic) bond motifs is 1. The average molecular weight is 163 g/mol. The predicted octanol–water partition coefficient (Wildman–Crippen LogP) is 0.922. The molecule has 12 heavy (non-hydrogen) atoms. The van der Waals surface area contributed by atoms with Crippen LogP contribution in [0.4, 0.5) is 0 Å². The number of rotatable bonds is 1. The zero-order valence-corrected chi connectivity index (χ0v) is 6.96. The Balaban J connectivity index is 2.37. The summed E-state index contributed by atoms with van der Waals surface area (Å²) >= 11 is 0. The van der Waals surface area contributed by atoms with Crippen LogP contribution in [0, 0.1) is 0 Å². The summed E-state index contributed by atoms with van der Waals surface area (Å²) in [5.74, 6) is 5.44. The number of nitrogens with zero attached hydrogens (tertiary/aromatic N) is 1. The molecule has 0 amide bonds. The molecule has 0 radical (unpaired) electrons. The van der Waals surface area contributed by atoms with Gasteiger partial charge in [0.1, 0.15) is 0 Å². The van der Waals surface area contributed by atoms with Crippen molar-refractivity contribution in [1.29, 1.82) is 0 Å². The fraction of sp³-hybridized carbons (Fsp3) is 0.444. The Morgan fingerprint density at radius 1 is 1.58 bits per heavy atom. The smallest absolute Gasteiger partial charge is 0.0478 e. The molecule has 1 aliphatic rings. The zero-order chi connectivity index (χ0) is 8.39. The quantitative estimate of drug-likeness (QED) is 0.478. The highest BCUT2D eigenvalue weighted by Crippen LogP contribution is 2.27. The van der Waals surface area contributed by atoms with Gasteiger partial charge in [-0.05, 0) is 36.5 Å². The summed E-state index contributed by atoms with van der Waals surface area (Å²) in [5, 5.41) is 0. The molecule has 3 heteroatoms. The topological polar surface area (TPSA) is 50.9 Å². The van der Waals surface area contributed by atoms with Gasteiger partial charge in [-0.3, -0.25) is 16.3 Å². The lowest BCUT2D eigenvalue weighted by Gasteiger charge is -2.23. The fourth-order valence-electron chi connectivity index (χ4n) is 1.80. The molecule has 0 saturated heterocycles. The maximum atomic E-state index is 5.44. The van der Waals surface area contributed by atoms with Gasteiger partial charge in [0.25, 0.3) is 0 Å². The van der Waals surface area contributed by atoms with E-state index in [0.29, 0.717) is 6.04 Å². The Hall–Kier alpha value is -0.930. The lowest BCUT2D eigenvalue weighted by molar-refractivity contribution is 0.470. The summed E-state index contributed by atoms with van der Waals surface area (Å²) in [7, 11) is 0. The van der Waals surface area contributed by atoms with E-state index in [0.717, 1.165) is 12.8 Å². The highest BCUT2D eigenvalue weighted by atomic mass is 15.2. The zero-order valence-electron chi connectivity index (χ0n) is 6.96. The molecule has 0 spiro atoms. The molecular formula is C9H13N3. The number of hydrazine groups is 1. The van der Waals surface area contributed by atoms with Gasteiger partial charge in [-0.1, -0.05) is 0 Å². The fourth-order valence-corrected chi connectivity index (χ4v) is 1.80. The minimum Gasteiger partial charge on any atom is -0.271 e. The SMILES string of the molecule is NN[C@@H]1CCCc2ccncc21. The number of aryl methyl sites for hydroxylation is 1. The standard InChI is InChI=1S/C9H13N3/c10-12-9-3-1-2-7-4-5-11-6-8(7)9/h4-6,9,12H,1-3,10H2/t9-/m1/s1. The molecule has 1 aliphatic carbocycles. The lowest BCUT2D eigenvalue weighted by Crippen LogP contribution is -2.30. The van der Waals surface area contributed by atoms with E-state index < -0.39 is 0 Å². The van der Waals surface area contributed by atoms with Crippen molar-refractivity contribution in [3.8, 4) is 0 Å². The van der Waals surface area contributed by atoms with Crippen LogP contribution in [-0.4, -0.2) is 4.98 Å². The number of aromatic nitrogens is 1. The van der Waals surface area contributed by atoms with Crippen LogP contribution in [0.1, 0.15) is 30.0 Å². The van der Waals surface area contributed by atoms with Gasteiger partial charge < -0.3 is 0 Å². The highest BCUT2D eigenvalue weighted by Gasteiger charge is 2.18. The van der Waals surface area contributed by atoms with E-state index in [1.807, 2.05) is 12.4 Å². The summed E-state index contributed by atoms with van der Waals surface area (Å²) in [6, 6.07) is 2.39. The third kappa shape index (κ3) is 1.21. The van der Waals surface area contributed by atoms with Crippen molar-refractivity contribution in [2.24, 2.45) is 5.84 Å². The van der Waals surface area contributed by atoms with Crippen molar-refractivity contribution in [2.75, 3.05) is 0 Å². The van der Waals surface area contributed by atoms with Gasteiger partial charge in [0.05, 0.1) is 0 Å². The maximum Gasteiger partial charge on any atom is 0.0478 e. The van der Waals surface area contributed by atoms with Crippen LogP contribution in [0.15, 0.2) is 18.5 Å². The second-order valence-corrected chi connectivity index (χ2v) is 3.19. The van der Waals surface area contributed by atoms with Crippen molar-refractivity contribution in [3.63, 3.8) is 0 Å². The predicted molar refractivity (Wildman–Crippen MR) is 47.2 cm³/mol. The van der Waals surface area contributed by atoms with Crippen LogP contribution in [0.3, 0.4) is 0 Å². The van der Waals surface area contributed by atoms with Crippen LogP contribution in [0.25, 0.3) is 0 Å². The number of hydrogen-bond donors (Lipinski definition) is 2. The van der Waals surface area contributed by atoms with Gasteiger partial charge in [-0.25, -0.2) is 0 Å². The van der Waals surface area contributed by atoms with Crippen molar-refractivity contribution in [2.45, 2.75) is 25.3 Å². The Kier molecular flexibility index (Phi) is 2.06. The Labute approximate surface area is 72.0 Å². The third-order valence-corrected chi connectivity index (χ3v) is 2.46. The number of nitrogens with two attached hydrogens (primary N) is 1. The van der Waals surface area contributed by atoms with Crippen LogP contribution >= 0.6 is 0 Å². The first-order valence-electron chi connectivity index (χ1n) is 4.30. The molecule has 64 valence electrons. The molecular weight excluding hydrogens is 150 g/mol. The molecule has 3 nitrogen and oxygen atoms in total. The lowest BCUT2D eigenvalue weighted by atomic mass is 9.90. The molecule has 0 aliphatic heterocycles. The Bertz CT molecular complexity index is 272. The normalized spacial score (nSPS) is 21.9. The first-order valence-corrected chi connectivity index (χ1v) is 4.30. The number of nitrogens with one attached hydrogen (secondary N) is 1. The minimum atomic E-state index is 0.308. The van der Waals surface area contributed by atoms with E-state index >= 15 is 0 Å². The maximum absolute atomic E-state index is 5.44. The van der Waals surface area contributed by atoms with E-state index in [4.69, 9.17) is 5.84 Å². The summed E-state index contributed by atoms with van der Waals surface area (Å²) in [4.78, 5) is 4.10. The average Bonchev–Trinajstić information content (AvgIpc) is 2.17. The van der Waals surface area contributed by atoms with Gasteiger partial charge in [-0.2, -0.15) is 0 Å². The molecule has 0 unspecified atom stereocenters. The van der Waals surface area contributed by atoms with Crippen molar-refractivity contribution in [1.82, 2.24) is 10.4 Å². The van der Waals surface area contributed by atoms with Gasteiger partial charge in [0, 0.05) is 18.4 Å². The molecule has 0 fully saturated rings. The van der Waals surface area contributed by atoms with Gasteiger partial charge >= 0.3 is 0 Å². The molecule has 1 heterocycles. The highest BCUT2D eigenvalue weighted by molar-refractivity contribution is 5.28. The van der Waals surface area contributed by atoms with E-state index in [1.54, 1.807) is 0 Å². The van der Waals surface area contributed by atoms with Crippen LogP contribution < -0.4 is 11.3 Å². The Morgan fingerprint density at radius 2 is 2.50 bits per heavy atom. The molecule has 1 aromatic heterocycles. The third-order valence-electron chi connectivity index (χ3n) is 2.46. The molecule has 2 rings (SSSR count). The second-order valence-electron chi connectivity index (χ2n) is 3.19. The largest absolute Gasteiger partial charge is 0.271 e. The van der Waals surface area contributed by atoms with Gasteiger partial charge in [0.15, 0.2) is 0 Å². The minimum absolute atomic E-state index is 0.308. The Morgan fingerprint density at radius 3 is 3.33 bits per heavy atom. The number of hydrogen-bond acceptors (Lipinski definition) is 3. The summed E-state index contributed by atoms with van der Waals surface area (Å²) < 4.78 is 0. The number of pyridine rings is 1.